The van der Waals surface area contributed by atoms with Crippen LogP contribution >= 0.6 is 0 Å². The van der Waals surface area contributed by atoms with E-state index in [1.807, 2.05) is 12.4 Å². The molecule has 0 atom stereocenters. The van der Waals surface area contributed by atoms with Crippen molar-refractivity contribution in [3.8, 4) is 5.75 Å². The lowest BCUT2D eigenvalue weighted by Crippen LogP contribution is -2.19. The third kappa shape index (κ3) is 3.93. The van der Waals surface area contributed by atoms with Gasteiger partial charge in [0.05, 0.1) is 12.3 Å². The third-order valence-electron chi connectivity index (χ3n) is 4.12. The van der Waals surface area contributed by atoms with Gasteiger partial charge in [0.2, 0.25) is 0 Å². The normalized spacial score (nSPS) is 21.1. The molecule has 0 unspecified atom stereocenters. The molecule has 0 radical (unpaired) electrons. The number of nitrogens with one attached hydrogen (secondary N) is 1. The Morgan fingerprint density at radius 3 is 2.63 bits per heavy atom. The zero-order chi connectivity index (χ0) is 12.9. The minimum absolute atomic E-state index is 0.395. The zero-order valence-corrected chi connectivity index (χ0v) is 11.6. The molecule has 0 amide bonds. The Bertz CT molecular complexity index is 395. The monoisotopic (exact) mass is 260 g/mol. The number of pyridine rings is 1. The van der Waals surface area contributed by atoms with Crippen molar-refractivity contribution in [3.05, 3.63) is 24.0 Å². The molecule has 1 N–H and O–H groups in total. The molecule has 0 bridgehead atoms. The number of hydrogen-bond acceptors (Lipinski definition) is 3. The Hall–Kier alpha value is -1.09. The van der Waals surface area contributed by atoms with Crippen LogP contribution in [0, 0.1) is 0 Å². The number of rotatable bonds is 5. The lowest BCUT2D eigenvalue weighted by atomic mass is 10.1. The average Bonchev–Trinajstić information content (AvgIpc) is 3.25. The lowest BCUT2D eigenvalue weighted by molar-refractivity contribution is 0.181. The molecule has 104 valence electrons. The summed E-state index contributed by atoms with van der Waals surface area (Å²) in [6.45, 7) is 0.912. The van der Waals surface area contributed by atoms with E-state index < -0.39 is 0 Å². The Morgan fingerprint density at radius 2 is 1.89 bits per heavy atom. The molecule has 1 aromatic heterocycles. The van der Waals surface area contributed by atoms with Gasteiger partial charge in [0.15, 0.2) is 0 Å². The summed E-state index contributed by atoms with van der Waals surface area (Å²) in [6.07, 6.45) is 14.5. The Balaban J connectivity index is 1.61. The minimum atomic E-state index is 0.395. The van der Waals surface area contributed by atoms with Crippen molar-refractivity contribution in [1.29, 1.82) is 0 Å². The number of ether oxygens (including phenoxy) is 1. The zero-order valence-electron chi connectivity index (χ0n) is 11.6. The van der Waals surface area contributed by atoms with E-state index in [0.717, 1.165) is 18.3 Å². The van der Waals surface area contributed by atoms with Crippen molar-refractivity contribution < 1.29 is 4.74 Å². The van der Waals surface area contributed by atoms with Crippen molar-refractivity contribution in [2.24, 2.45) is 0 Å². The van der Waals surface area contributed by atoms with Crippen LogP contribution in [0.4, 0.5) is 0 Å². The van der Waals surface area contributed by atoms with Crippen molar-refractivity contribution in [2.45, 2.75) is 70.1 Å². The van der Waals surface area contributed by atoms with Gasteiger partial charge in [0.1, 0.15) is 5.75 Å². The standard InChI is InChI=1S/C16H24N2O/c1-2-4-6-15(5-3-1)19-16-12-17-10-9-13(16)11-18-14-7-8-14/h9-10,12,14-15,18H,1-8,11H2. The highest BCUT2D eigenvalue weighted by atomic mass is 16.5. The molecule has 0 aromatic carbocycles. The van der Waals surface area contributed by atoms with Crippen molar-refractivity contribution in [1.82, 2.24) is 10.3 Å². The van der Waals surface area contributed by atoms with Crippen LogP contribution in [0.25, 0.3) is 0 Å². The maximum atomic E-state index is 6.22. The van der Waals surface area contributed by atoms with E-state index in [-0.39, 0.29) is 0 Å². The van der Waals surface area contributed by atoms with Gasteiger partial charge >= 0.3 is 0 Å². The van der Waals surface area contributed by atoms with E-state index in [1.54, 1.807) is 0 Å². The van der Waals surface area contributed by atoms with Gasteiger partial charge in [-0.15, -0.1) is 0 Å². The first-order valence-electron chi connectivity index (χ1n) is 7.75. The summed E-state index contributed by atoms with van der Waals surface area (Å²) >= 11 is 0. The third-order valence-corrected chi connectivity index (χ3v) is 4.12. The van der Waals surface area contributed by atoms with Gasteiger partial charge < -0.3 is 10.1 Å². The van der Waals surface area contributed by atoms with Gasteiger partial charge in [0.25, 0.3) is 0 Å². The van der Waals surface area contributed by atoms with Gasteiger partial charge in [-0.1, -0.05) is 12.8 Å². The predicted molar refractivity (Wildman–Crippen MR) is 76.2 cm³/mol. The number of nitrogens with zero attached hydrogens (tertiary/aromatic N) is 1. The molecular formula is C16H24N2O. The molecule has 2 aliphatic rings. The molecule has 3 rings (SSSR count). The first-order chi connectivity index (χ1) is 9.42. The summed E-state index contributed by atoms with van der Waals surface area (Å²) < 4.78 is 6.22. The van der Waals surface area contributed by atoms with Crippen LogP contribution in [-0.2, 0) is 6.54 Å². The Labute approximate surface area is 115 Å². The van der Waals surface area contributed by atoms with Gasteiger partial charge in [-0.2, -0.15) is 0 Å². The van der Waals surface area contributed by atoms with Crippen LogP contribution in [0.15, 0.2) is 18.5 Å². The highest BCUT2D eigenvalue weighted by Gasteiger charge is 2.21. The van der Waals surface area contributed by atoms with E-state index in [4.69, 9.17) is 4.74 Å². The van der Waals surface area contributed by atoms with E-state index in [2.05, 4.69) is 16.4 Å². The minimum Gasteiger partial charge on any atom is -0.488 e. The van der Waals surface area contributed by atoms with Gasteiger partial charge in [-0.25, -0.2) is 0 Å². The summed E-state index contributed by atoms with van der Waals surface area (Å²) in [5.41, 5.74) is 1.26. The molecule has 3 heteroatoms. The quantitative estimate of drug-likeness (QED) is 0.824. The van der Waals surface area contributed by atoms with Crippen molar-refractivity contribution >= 4 is 0 Å². The SMILES string of the molecule is c1cc(CNC2CC2)c(OC2CCCCCC2)cn1. The number of aromatic nitrogens is 1. The van der Waals surface area contributed by atoms with Crippen LogP contribution in [-0.4, -0.2) is 17.1 Å². The molecule has 2 aliphatic carbocycles. The molecule has 0 spiro atoms. The van der Waals surface area contributed by atoms with Gasteiger partial charge in [0, 0.05) is 24.3 Å². The van der Waals surface area contributed by atoms with Crippen LogP contribution in [0.2, 0.25) is 0 Å². The van der Waals surface area contributed by atoms with E-state index in [9.17, 15) is 0 Å². The second-order valence-corrected chi connectivity index (χ2v) is 5.87. The first kappa shape index (κ1) is 12.9. The van der Waals surface area contributed by atoms with Gasteiger partial charge in [-0.05, 0) is 44.6 Å². The predicted octanol–water partition coefficient (Wildman–Crippen LogP) is 3.44. The fourth-order valence-corrected chi connectivity index (χ4v) is 2.74. The van der Waals surface area contributed by atoms with Crippen LogP contribution in [0.3, 0.4) is 0 Å². The lowest BCUT2D eigenvalue weighted by Gasteiger charge is -2.19. The van der Waals surface area contributed by atoms with Crippen LogP contribution < -0.4 is 10.1 Å². The first-order valence-corrected chi connectivity index (χ1v) is 7.75. The molecule has 1 heterocycles. The highest BCUT2D eigenvalue weighted by Crippen LogP contribution is 2.26. The molecule has 2 saturated carbocycles. The van der Waals surface area contributed by atoms with Crippen LogP contribution in [0.5, 0.6) is 5.75 Å². The van der Waals surface area contributed by atoms with E-state index >= 15 is 0 Å². The molecule has 1 aromatic rings. The molecule has 0 aliphatic heterocycles. The van der Waals surface area contributed by atoms with E-state index in [1.165, 1.54) is 56.9 Å². The molecular weight excluding hydrogens is 236 g/mol. The Kier molecular flexibility index (Phi) is 4.34. The summed E-state index contributed by atoms with van der Waals surface area (Å²) in [4.78, 5) is 4.22. The fourth-order valence-electron chi connectivity index (χ4n) is 2.74. The molecule has 19 heavy (non-hydrogen) atoms. The topological polar surface area (TPSA) is 34.1 Å². The average molecular weight is 260 g/mol. The van der Waals surface area contributed by atoms with E-state index in [0.29, 0.717) is 6.10 Å². The van der Waals surface area contributed by atoms with Crippen molar-refractivity contribution in [2.75, 3.05) is 0 Å². The molecule has 2 fully saturated rings. The largest absolute Gasteiger partial charge is 0.488 e. The Morgan fingerprint density at radius 1 is 1.11 bits per heavy atom. The summed E-state index contributed by atoms with van der Waals surface area (Å²) in [6, 6.07) is 2.82. The number of hydrogen-bond donors (Lipinski definition) is 1. The summed E-state index contributed by atoms with van der Waals surface area (Å²) in [7, 11) is 0. The maximum absolute atomic E-state index is 6.22. The summed E-state index contributed by atoms with van der Waals surface area (Å²) in [5.74, 6) is 0.988. The van der Waals surface area contributed by atoms with Crippen molar-refractivity contribution in [3.63, 3.8) is 0 Å². The highest BCUT2D eigenvalue weighted by molar-refractivity contribution is 5.30. The maximum Gasteiger partial charge on any atom is 0.142 e. The second-order valence-electron chi connectivity index (χ2n) is 5.87. The molecule has 3 nitrogen and oxygen atoms in total. The fraction of sp³-hybridized carbons (Fsp3) is 0.688. The van der Waals surface area contributed by atoms with Gasteiger partial charge in [-0.3, -0.25) is 4.98 Å². The second kappa shape index (κ2) is 6.38. The summed E-state index contributed by atoms with van der Waals surface area (Å²) in [5, 5.41) is 3.56. The van der Waals surface area contributed by atoms with Crippen LogP contribution in [0.1, 0.15) is 56.9 Å². The molecule has 0 saturated heterocycles. The smallest absolute Gasteiger partial charge is 0.142 e.